The first kappa shape index (κ1) is 19.9. The molecule has 0 radical (unpaired) electrons. The van der Waals surface area contributed by atoms with Crippen LogP contribution in [-0.2, 0) is 4.79 Å². The summed E-state index contributed by atoms with van der Waals surface area (Å²) in [6.07, 6.45) is 3.97. The highest BCUT2D eigenvalue weighted by molar-refractivity contribution is 5.89. The predicted octanol–water partition coefficient (Wildman–Crippen LogP) is 5.29. The van der Waals surface area contributed by atoms with Crippen molar-refractivity contribution in [3.8, 4) is 0 Å². The van der Waals surface area contributed by atoms with Crippen LogP contribution in [0.2, 0.25) is 0 Å². The van der Waals surface area contributed by atoms with Gasteiger partial charge < -0.3 is 0 Å². The van der Waals surface area contributed by atoms with Crippen LogP contribution in [0, 0.1) is 5.92 Å². The van der Waals surface area contributed by atoms with E-state index >= 15 is 0 Å². The first-order valence-corrected chi connectivity index (χ1v) is 11.3. The topological polar surface area (TPSA) is 32.7 Å². The molecule has 3 saturated heterocycles. The Balaban J connectivity index is 1.61. The van der Waals surface area contributed by atoms with Crippen LogP contribution in [-0.4, -0.2) is 36.0 Å². The Morgan fingerprint density at radius 3 is 1.90 bits per heavy atom. The maximum Gasteiger partial charge on any atom is 0.153 e. The van der Waals surface area contributed by atoms with E-state index in [-0.39, 0.29) is 23.9 Å². The first-order chi connectivity index (χ1) is 15.3. The van der Waals surface area contributed by atoms with E-state index in [1.165, 1.54) is 5.56 Å². The maximum absolute atomic E-state index is 13.5. The summed E-state index contributed by atoms with van der Waals surface area (Å²) in [6.45, 7) is 2.02. The second-order valence-corrected chi connectivity index (χ2v) is 8.64. The fourth-order valence-electron chi connectivity index (χ4n) is 5.24. The zero-order valence-corrected chi connectivity index (χ0v) is 17.7. The van der Waals surface area contributed by atoms with E-state index < -0.39 is 0 Å². The summed E-state index contributed by atoms with van der Waals surface area (Å²) < 4.78 is 0. The van der Waals surface area contributed by atoms with Gasteiger partial charge in [-0.2, -0.15) is 0 Å². The zero-order chi connectivity index (χ0) is 21.0. The number of aliphatic imine (C=N–C) groups is 1. The molecule has 0 saturated carbocycles. The van der Waals surface area contributed by atoms with Crippen molar-refractivity contribution in [1.29, 1.82) is 0 Å². The average Bonchev–Trinajstić information content (AvgIpc) is 2.85. The van der Waals surface area contributed by atoms with Gasteiger partial charge in [0.25, 0.3) is 0 Å². The van der Waals surface area contributed by atoms with Crippen molar-refractivity contribution in [2.45, 2.75) is 30.8 Å². The van der Waals surface area contributed by atoms with E-state index in [1.54, 1.807) is 0 Å². The molecule has 3 heteroatoms. The fourth-order valence-corrected chi connectivity index (χ4v) is 5.24. The molecule has 2 bridgehead atoms. The number of rotatable bonds is 6. The number of hydrogen-bond donors (Lipinski definition) is 0. The van der Waals surface area contributed by atoms with Crippen molar-refractivity contribution < 1.29 is 4.79 Å². The highest BCUT2D eigenvalue weighted by Crippen LogP contribution is 2.44. The minimum atomic E-state index is -0.128. The average molecular weight is 409 g/mol. The van der Waals surface area contributed by atoms with Crippen LogP contribution >= 0.6 is 0 Å². The van der Waals surface area contributed by atoms with E-state index in [0.717, 1.165) is 37.1 Å². The second kappa shape index (κ2) is 8.99. The number of fused-ring (bicyclic) bond motifs is 3. The molecule has 3 aromatic carbocycles. The van der Waals surface area contributed by atoms with Gasteiger partial charge in [0.05, 0.1) is 12.1 Å². The lowest BCUT2D eigenvalue weighted by Gasteiger charge is -2.48. The third kappa shape index (κ3) is 4.11. The Labute approximate surface area is 184 Å². The quantitative estimate of drug-likeness (QED) is 0.519. The molecule has 0 N–H and O–H groups in total. The molecule has 0 spiro atoms. The van der Waals surface area contributed by atoms with Crippen LogP contribution in [0.15, 0.2) is 96.0 Å². The molecule has 3 aliphatic heterocycles. The zero-order valence-electron chi connectivity index (χ0n) is 17.7. The fraction of sp³-hybridized carbons (Fsp3) is 0.286. The van der Waals surface area contributed by atoms with Crippen molar-refractivity contribution in [2.75, 3.05) is 13.1 Å². The minimum Gasteiger partial charge on any atom is -0.298 e. The standard InChI is InChI=1S/C28H28N2O/c31-28-24-16-18-30(19-17-24)27(28)25(22-12-6-2-7-13-22)26(23-14-8-3-9-15-23)29-20-21-10-4-1-5-11-21/h1-15,20,24-27H,16-19H2. The molecular formula is C28H28N2O. The lowest BCUT2D eigenvalue weighted by molar-refractivity contribution is -0.138. The van der Waals surface area contributed by atoms with E-state index in [4.69, 9.17) is 4.99 Å². The largest absolute Gasteiger partial charge is 0.298 e. The summed E-state index contributed by atoms with van der Waals surface area (Å²) >= 11 is 0. The Kier molecular flexibility index (Phi) is 5.77. The van der Waals surface area contributed by atoms with Gasteiger partial charge in [-0.3, -0.25) is 14.7 Å². The molecule has 3 nitrogen and oxygen atoms in total. The molecule has 0 aliphatic carbocycles. The molecule has 0 amide bonds. The summed E-state index contributed by atoms with van der Waals surface area (Å²) in [7, 11) is 0. The molecule has 156 valence electrons. The Morgan fingerprint density at radius 2 is 1.32 bits per heavy atom. The van der Waals surface area contributed by atoms with Crippen molar-refractivity contribution in [3.05, 3.63) is 108 Å². The summed E-state index contributed by atoms with van der Waals surface area (Å²) in [5, 5.41) is 0. The van der Waals surface area contributed by atoms with E-state index in [9.17, 15) is 4.79 Å². The van der Waals surface area contributed by atoms with Gasteiger partial charge in [0.1, 0.15) is 0 Å². The van der Waals surface area contributed by atoms with Crippen molar-refractivity contribution >= 4 is 12.0 Å². The number of ketones is 1. The number of hydrogen-bond acceptors (Lipinski definition) is 3. The van der Waals surface area contributed by atoms with Crippen LogP contribution in [0.4, 0.5) is 0 Å². The molecule has 3 heterocycles. The Morgan fingerprint density at radius 1 is 0.774 bits per heavy atom. The molecule has 31 heavy (non-hydrogen) atoms. The van der Waals surface area contributed by atoms with Crippen LogP contribution < -0.4 is 0 Å². The number of Topliss-reactive ketones (excluding diaryl/α,β-unsaturated/α-hetero) is 1. The number of carbonyl (C=O) groups is 1. The summed E-state index contributed by atoms with van der Waals surface area (Å²) in [6, 6.07) is 30.9. The third-order valence-electron chi connectivity index (χ3n) is 6.81. The maximum atomic E-state index is 13.5. The lowest BCUT2D eigenvalue weighted by atomic mass is 9.71. The highest BCUT2D eigenvalue weighted by Gasteiger charge is 2.47. The highest BCUT2D eigenvalue weighted by atomic mass is 16.1. The number of nitrogens with zero attached hydrogens (tertiary/aromatic N) is 2. The van der Waals surface area contributed by atoms with Gasteiger partial charge in [-0.15, -0.1) is 0 Å². The Hall–Kier alpha value is -3.04. The third-order valence-corrected chi connectivity index (χ3v) is 6.81. The van der Waals surface area contributed by atoms with Gasteiger partial charge in [-0.25, -0.2) is 0 Å². The van der Waals surface area contributed by atoms with Crippen LogP contribution in [0.5, 0.6) is 0 Å². The van der Waals surface area contributed by atoms with Gasteiger partial charge in [-0.05, 0) is 42.6 Å². The molecule has 3 fully saturated rings. The molecule has 3 aliphatic rings. The SMILES string of the molecule is O=C1C2CCN(CC2)C1C(c1ccccc1)C(N=Cc1ccccc1)c1ccccc1. The summed E-state index contributed by atoms with van der Waals surface area (Å²) in [5.74, 6) is 0.595. The van der Waals surface area contributed by atoms with Crippen molar-refractivity contribution in [3.63, 3.8) is 0 Å². The predicted molar refractivity (Wildman–Crippen MR) is 125 cm³/mol. The lowest BCUT2D eigenvalue weighted by Crippen LogP contribution is -2.58. The second-order valence-electron chi connectivity index (χ2n) is 8.64. The molecule has 6 rings (SSSR count). The van der Waals surface area contributed by atoms with E-state index in [1.807, 2.05) is 36.5 Å². The molecule has 3 unspecified atom stereocenters. The number of carbonyl (C=O) groups excluding carboxylic acids is 1. The van der Waals surface area contributed by atoms with Gasteiger partial charge >= 0.3 is 0 Å². The summed E-state index contributed by atoms with van der Waals surface area (Å²) in [4.78, 5) is 21.1. The monoisotopic (exact) mass is 408 g/mol. The molecular weight excluding hydrogens is 380 g/mol. The number of benzene rings is 3. The minimum absolute atomic E-state index is 0.0147. The van der Waals surface area contributed by atoms with Crippen molar-refractivity contribution in [2.24, 2.45) is 10.9 Å². The van der Waals surface area contributed by atoms with Crippen molar-refractivity contribution in [1.82, 2.24) is 4.90 Å². The molecule has 3 atom stereocenters. The van der Waals surface area contributed by atoms with Gasteiger partial charge in [-0.1, -0.05) is 91.0 Å². The van der Waals surface area contributed by atoms with Crippen LogP contribution in [0.1, 0.15) is 41.5 Å². The smallest absolute Gasteiger partial charge is 0.153 e. The van der Waals surface area contributed by atoms with E-state index in [2.05, 4.69) is 65.6 Å². The normalized spacial score (nSPS) is 24.9. The van der Waals surface area contributed by atoms with Crippen LogP contribution in [0.25, 0.3) is 0 Å². The van der Waals surface area contributed by atoms with Gasteiger partial charge in [0, 0.05) is 18.1 Å². The number of piperidine rings is 3. The first-order valence-electron chi connectivity index (χ1n) is 11.3. The summed E-state index contributed by atoms with van der Waals surface area (Å²) in [5.41, 5.74) is 3.42. The van der Waals surface area contributed by atoms with Gasteiger partial charge in [0.15, 0.2) is 5.78 Å². The molecule has 3 aromatic rings. The van der Waals surface area contributed by atoms with Gasteiger partial charge in [0.2, 0.25) is 0 Å². The van der Waals surface area contributed by atoms with E-state index in [0.29, 0.717) is 5.78 Å². The van der Waals surface area contributed by atoms with Crippen LogP contribution in [0.3, 0.4) is 0 Å². The molecule has 0 aromatic heterocycles. The Bertz CT molecular complexity index is 1020.